The Labute approximate surface area is 103 Å². The lowest BCUT2D eigenvalue weighted by Gasteiger charge is -2.23. The SMILES string of the molecule is Cc1cc(NCC2CCNCC2)ccn1.Cl. The van der Waals surface area contributed by atoms with Crippen LogP contribution in [-0.4, -0.2) is 24.6 Å². The Morgan fingerprint density at radius 2 is 2.19 bits per heavy atom. The highest BCUT2D eigenvalue weighted by Gasteiger charge is 2.12. The Bertz CT molecular complexity index is 311. The van der Waals surface area contributed by atoms with Gasteiger partial charge in [-0.2, -0.15) is 0 Å². The van der Waals surface area contributed by atoms with Crippen LogP contribution in [0.1, 0.15) is 18.5 Å². The highest BCUT2D eigenvalue weighted by Crippen LogP contribution is 2.14. The van der Waals surface area contributed by atoms with Gasteiger partial charge in [0.05, 0.1) is 0 Å². The molecule has 0 radical (unpaired) electrons. The molecular formula is C12H20ClN3. The topological polar surface area (TPSA) is 37.0 Å². The van der Waals surface area contributed by atoms with Crippen molar-refractivity contribution in [2.24, 2.45) is 5.92 Å². The molecule has 1 fully saturated rings. The van der Waals surface area contributed by atoms with Crippen molar-refractivity contribution in [3.63, 3.8) is 0 Å². The summed E-state index contributed by atoms with van der Waals surface area (Å²) in [6, 6.07) is 4.13. The Morgan fingerprint density at radius 3 is 2.88 bits per heavy atom. The Hall–Kier alpha value is -0.800. The summed E-state index contributed by atoms with van der Waals surface area (Å²) < 4.78 is 0. The first-order valence-corrected chi connectivity index (χ1v) is 5.72. The second-order valence-corrected chi connectivity index (χ2v) is 4.26. The Kier molecular flexibility index (Phi) is 5.56. The van der Waals surface area contributed by atoms with E-state index in [-0.39, 0.29) is 12.4 Å². The van der Waals surface area contributed by atoms with Crippen LogP contribution in [0, 0.1) is 12.8 Å². The number of piperidine rings is 1. The average Bonchev–Trinajstić information content (AvgIpc) is 2.28. The van der Waals surface area contributed by atoms with Crippen molar-refractivity contribution < 1.29 is 0 Å². The number of halogens is 1. The molecule has 0 spiro atoms. The van der Waals surface area contributed by atoms with Gasteiger partial charge in [-0.15, -0.1) is 12.4 Å². The fourth-order valence-electron chi connectivity index (χ4n) is 2.00. The number of pyridine rings is 1. The molecular weight excluding hydrogens is 222 g/mol. The molecule has 90 valence electrons. The maximum atomic E-state index is 4.18. The van der Waals surface area contributed by atoms with Crippen molar-refractivity contribution in [3.8, 4) is 0 Å². The van der Waals surface area contributed by atoms with E-state index in [1.165, 1.54) is 31.6 Å². The van der Waals surface area contributed by atoms with E-state index < -0.39 is 0 Å². The number of nitrogens with one attached hydrogen (secondary N) is 2. The molecule has 2 rings (SSSR count). The number of aryl methyl sites for hydroxylation is 1. The zero-order valence-electron chi connectivity index (χ0n) is 9.70. The van der Waals surface area contributed by atoms with Gasteiger partial charge in [0.1, 0.15) is 0 Å². The lowest BCUT2D eigenvalue weighted by molar-refractivity contribution is 0.390. The Balaban J connectivity index is 0.00000128. The molecule has 0 unspecified atom stereocenters. The van der Waals surface area contributed by atoms with Crippen LogP contribution in [0.2, 0.25) is 0 Å². The second-order valence-electron chi connectivity index (χ2n) is 4.26. The van der Waals surface area contributed by atoms with Gasteiger partial charge in [-0.1, -0.05) is 0 Å². The molecule has 0 amide bonds. The molecule has 16 heavy (non-hydrogen) atoms. The maximum absolute atomic E-state index is 4.18. The van der Waals surface area contributed by atoms with Crippen LogP contribution in [0.25, 0.3) is 0 Å². The van der Waals surface area contributed by atoms with Crippen LogP contribution in [0.5, 0.6) is 0 Å². The number of aromatic nitrogens is 1. The third kappa shape index (κ3) is 3.99. The lowest BCUT2D eigenvalue weighted by Crippen LogP contribution is -2.31. The first kappa shape index (κ1) is 13.3. The van der Waals surface area contributed by atoms with E-state index in [9.17, 15) is 0 Å². The highest BCUT2D eigenvalue weighted by molar-refractivity contribution is 5.85. The molecule has 2 N–H and O–H groups in total. The molecule has 1 aromatic heterocycles. The predicted octanol–water partition coefficient (Wildman–Crippen LogP) is 2.22. The quantitative estimate of drug-likeness (QED) is 0.852. The van der Waals surface area contributed by atoms with Gasteiger partial charge in [0.25, 0.3) is 0 Å². The van der Waals surface area contributed by atoms with Gasteiger partial charge in [0.2, 0.25) is 0 Å². The van der Waals surface area contributed by atoms with Gasteiger partial charge in [-0.25, -0.2) is 0 Å². The third-order valence-electron chi connectivity index (χ3n) is 2.95. The standard InChI is InChI=1S/C12H19N3.ClH/c1-10-8-12(4-7-14-10)15-9-11-2-5-13-6-3-11;/h4,7-8,11,13H,2-3,5-6,9H2,1H3,(H,14,15);1H. The summed E-state index contributed by atoms with van der Waals surface area (Å²) in [5, 5.41) is 6.87. The lowest BCUT2D eigenvalue weighted by atomic mass is 9.98. The monoisotopic (exact) mass is 241 g/mol. The minimum absolute atomic E-state index is 0. The predicted molar refractivity (Wildman–Crippen MR) is 70.3 cm³/mol. The summed E-state index contributed by atoms with van der Waals surface area (Å²) in [6.45, 7) is 5.45. The van der Waals surface area contributed by atoms with Gasteiger partial charge in [-0.3, -0.25) is 4.98 Å². The summed E-state index contributed by atoms with van der Waals surface area (Å²) >= 11 is 0. The van der Waals surface area contributed by atoms with Gasteiger partial charge in [0.15, 0.2) is 0 Å². The van der Waals surface area contributed by atoms with Crippen LogP contribution in [-0.2, 0) is 0 Å². The van der Waals surface area contributed by atoms with E-state index in [0.29, 0.717) is 0 Å². The zero-order valence-corrected chi connectivity index (χ0v) is 10.5. The van der Waals surface area contributed by atoms with Crippen LogP contribution < -0.4 is 10.6 Å². The van der Waals surface area contributed by atoms with Gasteiger partial charge in [-0.05, 0) is 50.9 Å². The molecule has 0 aromatic carbocycles. The number of rotatable bonds is 3. The fourth-order valence-corrected chi connectivity index (χ4v) is 2.00. The molecule has 1 aliphatic heterocycles. The molecule has 0 saturated carbocycles. The fraction of sp³-hybridized carbons (Fsp3) is 0.583. The van der Waals surface area contributed by atoms with Gasteiger partial charge < -0.3 is 10.6 Å². The van der Waals surface area contributed by atoms with E-state index in [0.717, 1.165) is 18.2 Å². The summed E-state index contributed by atoms with van der Waals surface area (Å²) in [7, 11) is 0. The smallest absolute Gasteiger partial charge is 0.0393 e. The molecule has 1 saturated heterocycles. The molecule has 0 bridgehead atoms. The molecule has 0 aliphatic carbocycles. The number of hydrogen-bond acceptors (Lipinski definition) is 3. The largest absolute Gasteiger partial charge is 0.385 e. The molecule has 0 atom stereocenters. The van der Waals surface area contributed by atoms with Crippen molar-refractivity contribution in [1.82, 2.24) is 10.3 Å². The highest BCUT2D eigenvalue weighted by atomic mass is 35.5. The molecule has 2 heterocycles. The van der Waals surface area contributed by atoms with Gasteiger partial charge >= 0.3 is 0 Å². The van der Waals surface area contributed by atoms with Crippen molar-refractivity contribution in [2.45, 2.75) is 19.8 Å². The number of hydrogen-bond donors (Lipinski definition) is 2. The van der Waals surface area contributed by atoms with Gasteiger partial charge in [0, 0.05) is 24.1 Å². The van der Waals surface area contributed by atoms with Crippen LogP contribution >= 0.6 is 12.4 Å². The van der Waals surface area contributed by atoms with E-state index in [2.05, 4.69) is 21.7 Å². The van der Waals surface area contributed by atoms with Crippen molar-refractivity contribution in [2.75, 3.05) is 25.0 Å². The zero-order chi connectivity index (χ0) is 10.5. The first-order valence-electron chi connectivity index (χ1n) is 5.72. The van der Waals surface area contributed by atoms with E-state index >= 15 is 0 Å². The summed E-state index contributed by atoms with van der Waals surface area (Å²) in [6.07, 6.45) is 4.44. The van der Waals surface area contributed by atoms with Crippen LogP contribution in [0.3, 0.4) is 0 Å². The summed E-state index contributed by atoms with van der Waals surface area (Å²) in [5.74, 6) is 0.819. The minimum atomic E-state index is 0. The molecule has 3 nitrogen and oxygen atoms in total. The minimum Gasteiger partial charge on any atom is -0.385 e. The first-order chi connectivity index (χ1) is 7.34. The Morgan fingerprint density at radius 1 is 1.44 bits per heavy atom. The molecule has 1 aliphatic rings. The van der Waals surface area contributed by atoms with E-state index in [1.807, 2.05) is 19.2 Å². The third-order valence-corrected chi connectivity index (χ3v) is 2.95. The summed E-state index contributed by atoms with van der Waals surface area (Å²) in [5.41, 5.74) is 2.27. The van der Waals surface area contributed by atoms with E-state index in [4.69, 9.17) is 0 Å². The van der Waals surface area contributed by atoms with Crippen molar-refractivity contribution >= 4 is 18.1 Å². The molecule has 1 aromatic rings. The van der Waals surface area contributed by atoms with Crippen molar-refractivity contribution in [1.29, 1.82) is 0 Å². The molecule has 4 heteroatoms. The maximum Gasteiger partial charge on any atom is 0.0393 e. The number of anilines is 1. The normalized spacial score (nSPS) is 16.6. The summed E-state index contributed by atoms with van der Waals surface area (Å²) in [4.78, 5) is 4.18. The second kappa shape index (κ2) is 6.71. The van der Waals surface area contributed by atoms with E-state index in [1.54, 1.807) is 0 Å². The van der Waals surface area contributed by atoms with Crippen LogP contribution in [0.4, 0.5) is 5.69 Å². The average molecular weight is 242 g/mol. The van der Waals surface area contributed by atoms with Crippen molar-refractivity contribution in [3.05, 3.63) is 24.0 Å². The number of nitrogens with zero attached hydrogens (tertiary/aromatic N) is 1. The van der Waals surface area contributed by atoms with Crippen LogP contribution in [0.15, 0.2) is 18.3 Å².